The summed E-state index contributed by atoms with van der Waals surface area (Å²) in [4.78, 5) is 4.44. The van der Waals surface area contributed by atoms with Gasteiger partial charge in [0.15, 0.2) is 0 Å². The fourth-order valence-corrected chi connectivity index (χ4v) is 1.36. The van der Waals surface area contributed by atoms with Crippen molar-refractivity contribution in [1.29, 1.82) is 0 Å². The van der Waals surface area contributed by atoms with Crippen molar-refractivity contribution in [1.82, 2.24) is 4.98 Å². The molecule has 0 atom stereocenters. The maximum atomic E-state index is 5.53. The predicted molar refractivity (Wildman–Crippen MR) is 57.7 cm³/mol. The smallest absolute Gasteiger partial charge is 0.0705 e. The third-order valence-corrected chi connectivity index (χ3v) is 2.09. The van der Waals surface area contributed by atoms with Crippen LogP contribution in [-0.4, -0.2) is 4.98 Å². The summed E-state index contributed by atoms with van der Waals surface area (Å²) in [5, 5.41) is 0. The molecule has 0 spiro atoms. The highest BCUT2D eigenvalue weighted by molar-refractivity contribution is 5.58. The molecule has 0 saturated carbocycles. The largest absolute Gasteiger partial charge is 0.253 e. The van der Waals surface area contributed by atoms with E-state index >= 15 is 0 Å². The first-order valence-electron chi connectivity index (χ1n) is 4.61. The topological polar surface area (TPSA) is 12.9 Å². The molecule has 0 amide bonds. The van der Waals surface area contributed by atoms with Gasteiger partial charge in [0.25, 0.3) is 0 Å². The van der Waals surface area contributed by atoms with E-state index in [0.29, 0.717) is 6.42 Å². The minimum atomic E-state index is 0.487. The minimum Gasteiger partial charge on any atom is -0.253 e. The maximum absolute atomic E-state index is 5.53. The van der Waals surface area contributed by atoms with Crippen molar-refractivity contribution >= 4 is 0 Å². The molecule has 2 rings (SSSR count). The first kappa shape index (κ1) is 8.95. The predicted octanol–water partition coefficient (Wildman–Crippen LogP) is 3.00. The molecule has 1 nitrogen and oxygen atoms in total. The third kappa shape index (κ3) is 1.82. The lowest BCUT2D eigenvalue weighted by atomic mass is 10.1. The monoisotopic (exact) mass is 181 g/mol. The fraction of sp³-hybridized carbons (Fsp3) is 0.0769. The van der Waals surface area contributed by atoms with Gasteiger partial charge >= 0.3 is 0 Å². The van der Waals surface area contributed by atoms with Crippen LogP contribution >= 0.6 is 0 Å². The number of rotatable bonds is 2. The van der Waals surface area contributed by atoms with Gasteiger partial charge < -0.3 is 0 Å². The Kier molecular flexibility index (Phi) is 2.59. The van der Waals surface area contributed by atoms with E-state index in [1.807, 2.05) is 48.5 Å². The Morgan fingerprint density at radius 1 is 0.929 bits per heavy atom. The Bertz CT molecular complexity index is 407. The van der Waals surface area contributed by atoms with E-state index in [4.69, 9.17) is 6.92 Å². The molecule has 1 heterocycles. The van der Waals surface area contributed by atoms with Crippen LogP contribution in [0.15, 0.2) is 48.5 Å². The van der Waals surface area contributed by atoms with Crippen LogP contribution in [0.4, 0.5) is 0 Å². The summed E-state index contributed by atoms with van der Waals surface area (Å²) in [5.74, 6) is 0. The summed E-state index contributed by atoms with van der Waals surface area (Å²) in [6.07, 6.45) is 0.487. The highest BCUT2D eigenvalue weighted by Gasteiger charge is 1.98. The molecule has 0 fully saturated rings. The van der Waals surface area contributed by atoms with E-state index in [1.165, 1.54) is 0 Å². The molecule has 2 radical (unpaired) electrons. The third-order valence-electron chi connectivity index (χ3n) is 2.09. The van der Waals surface area contributed by atoms with E-state index in [0.717, 1.165) is 17.0 Å². The summed E-state index contributed by atoms with van der Waals surface area (Å²) in [6.45, 7) is 5.53. The van der Waals surface area contributed by atoms with Crippen molar-refractivity contribution in [2.75, 3.05) is 0 Å². The second-order valence-electron chi connectivity index (χ2n) is 3.08. The van der Waals surface area contributed by atoms with Gasteiger partial charge in [-0.3, -0.25) is 4.98 Å². The molecule has 14 heavy (non-hydrogen) atoms. The molecule has 0 bridgehead atoms. The van der Waals surface area contributed by atoms with Gasteiger partial charge in [0.2, 0.25) is 0 Å². The number of hydrogen-bond donors (Lipinski definition) is 0. The molecule has 0 aliphatic rings. The maximum Gasteiger partial charge on any atom is 0.0705 e. The van der Waals surface area contributed by atoms with Gasteiger partial charge in [-0.15, -0.1) is 0 Å². The highest BCUT2D eigenvalue weighted by atomic mass is 14.7. The van der Waals surface area contributed by atoms with Gasteiger partial charge in [0.05, 0.1) is 5.69 Å². The molecule has 0 aliphatic heterocycles. The van der Waals surface area contributed by atoms with Crippen LogP contribution in [0.25, 0.3) is 11.3 Å². The van der Waals surface area contributed by atoms with Crippen molar-refractivity contribution in [3.05, 3.63) is 61.1 Å². The Morgan fingerprint density at radius 3 is 2.43 bits per heavy atom. The van der Waals surface area contributed by atoms with Crippen molar-refractivity contribution in [2.24, 2.45) is 0 Å². The summed E-state index contributed by atoms with van der Waals surface area (Å²) in [6, 6.07) is 16.0. The molecule has 2 aromatic rings. The SMILES string of the molecule is [CH]Cc1cccc(-c2ccccc2)n1. The van der Waals surface area contributed by atoms with Gasteiger partial charge in [0.1, 0.15) is 0 Å². The van der Waals surface area contributed by atoms with Gasteiger partial charge in [-0.2, -0.15) is 0 Å². The van der Waals surface area contributed by atoms with Crippen molar-refractivity contribution in [3.8, 4) is 11.3 Å². The van der Waals surface area contributed by atoms with Gasteiger partial charge in [-0.05, 0) is 25.5 Å². The summed E-state index contributed by atoms with van der Waals surface area (Å²) >= 11 is 0. The van der Waals surface area contributed by atoms with Crippen LogP contribution in [-0.2, 0) is 6.42 Å². The number of aromatic nitrogens is 1. The molecule has 0 saturated heterocycles. The Hall–Kier alpha value is -1.63. The van der Waals surface area contributed by atoms with E-state index < -0.39 is 0 Å². The van der Waals surface area contributed by atoms with Crippen LogP contribution in [0.1, 0.15) is 5.69 Å². The first-order valence-corrected chi connectivity index (χ1v) is 4.61. The Morgan fingerprint density at radius 2 is 1.71 bits per heavy atom. The second-order valence-corrected chi connectivity index (χ2v) is 3.08. The minimum absolute atomic E-state index is 0.487. The van der Waals surface area contributed by atoms with Crippen LogP contribution < -0.4 is 0 Å². The molecule has 0 N–H and O–H groups in total. The number of pyridine rings is 1. The quantitative estimate of drug-likeness (QED) is 0.694. The zero-order chi connectivity index (χ0) is 9.80. The van der Waals surface area contributed by atoms with E-state index in [2.05, 4.69) is 4.98 Å². The average molecular weight is 181 g/mol. The van der Waals surface area contributed by atoms with Crippen LogP contribution in [0.3, 0.4) is 0 Å². The number of benzene rings is 1. The fourth-order valence-electron chi connectivity index (χ4n) is 1.36. The van der Waals surface area contributed by atoms with Crippen LogP contribution in [0.2, 0.25) is 0 Å². The second kappa shape index (κ2) is 4.05. The van der Waals surface area contributed by atoms with Crippen LogP contribution in [0, 0.1) is 6.92 Å². The normalized spacial score (nSPS) is 10.1. The molecule has 68 valence electrons. The molecular formula is C13H11N. The highest BCUT2D eigenvalue weighted by Crippen LogP contribution is 2.16. The molecule has 1 aromatic heterocycles. The Balaban J connectivity index is 2.42. The average Bonchev–Trinajstić information content (AvgIpc) is 2.30. The molecule has 0 aliphatic carbocycles. The van der Waals surface area contributed by atoms with E-state index in [-0.39, 0.29) is 0 Å². The lowest BCUT2D eigenvalue weighted by Crippen LogP contribution is -1.89. The zero-order valence-electron chi connectivity index (χ0n) is 7.85. The molecular weight excluding hydrogens is 170 g/mol. The lowest BCUT2D eigenvalue weighted by Gasteiger charge is -2.02. The molecule has 0 unspecified atom stereocenters. The van der Waals surface area contributed by atoms with Crippen LogP contribution in [0.5, 0.6) is 0 Å². The molecule has 1 heteroatoms. The van der Waals surface area contributed by atoms with Crippen molar-refractivity contribution in [3.63, 3.8) is 0 Å². The van der Waals surface area contributed by atoms with Crippen molar-refractivity contribution < 1.29 is 0 Å². The van der Waals surface area contributed by atoms with Crippen molar-refractivity contribution in [2.45, 2.75) is 6.42 Å². The Labute approximate surface area is 84.4 Å². The summed E-state index contributed by atoms with van der Waals surface area (Å²) in [5.41, 5.74) is 3.03. The van der Waals surface area contributed by atoms with E-state index in [9.17, 15) is 0 Å². The lowest BCUT2D eigenvalue weighted by molar-refractivity contribution is 1.11. The molecule has 1 aromatic carbocycles. The van der Waals surface area contributed by atoms with Gasteiger partial charge in [0, 0.05) is 11.3 Å². The van der Waals surface area contributed by atoms with Gasteiger partial charge in [-0.1, -0.05) is 36.4 Å². The number of hydrogen-bond acceptors (Lipinski definition) is 1. The van der Waals surface area contributed by atoms with E-state index in [1.54, 1.807) is 0 Å². The number of nitrogens with zero attached hydrogens (tertiary/aromatic N) is 1. The first-order chi connectivity index (χ1) is 6.90. The summed E-state index contributed by atoms with van der Waals surface area (Å²) < 4.78 is 0. The summed E-state index contributed by atoms with van der Waals surface area (Å²) in [7, 11) is 0. The van der Waals surface area contributed by atoms with Gasteiger partial charge in [-0.25, -0.2) is 0 Å². The zero-order valence-corrected chi connectivity index (χ0v) is 7.85. The standard InChI is InChI=1S/C13H11N/c1-2-12-9-6-10-13(14-12)11-7-4-3-5-8-11/h1,3-10H,2H2.